The van der Waals surface area contributed by atoms with Crippen molar-refractivity contribution in [1.29, 1.82) is 0 Å². The Morgan fingerprint density at radius 3 is 2.54 bits per heavy atom. The standard InChI is InChI=1S/C16H15FN4O3/c17-13-6-10(5-11(9-22)14(13)23)15(24)20-12-7-18-16(19-8-12)21-3-1-2-4-21/h5-9,23H,1-4H2,(H,20,24). The van der Waals surface area contributed by atoms with Crippen LogP contribution in [0.5, 0.6) is 5.75 Å². The molecule has 8 heteroatoms. The van der Waals surface area contributed by atoms with E-state index in [2.05, 4.69) is 20.2 Å². The number of aromatic hydroxyl groups is 1. The van der Waals surface area contributed by atoms with Crippen LogP contribution in [0.25, 0.3) is 0 Å². The number of anilines is 2. The zero-order valence-corrected chi connectivity index (χ0v) is 12.7. The lowest BCUT2D eigenvalue weighted by atomic mass is 10.1. The van der Waals surface area contributed by atoms with Gasteiger partial charge in [0.15, 0.2) is 17.9 Å². The van der Waals surface area contributed by atoms with Crippen LogP contribution in [0.4, 0.5) is 16.0 Å². The van der Waals surface area contributed by atoms with Gasteiger partial charge in [-0.2, -0.15) is 0 Å². The zero-order chi connectivity index (χ0) is 17.1. The van der Waals surface area contributed by atoms with Crippen LogP contribution >= 0.6 is 0 Å². The molecular weight excluding hydrogens is 315 g/mol. The molecule has 0 saturated carbocycles. The largest absolute Gasteiger partial charge is 0.504 e. The highest BCUT2D eigenvalue weighted by atomic mass is 19.1. The number of benzene rings is 1. The smallest absolute Gasteiger partial charge is 0.255 e. The molecule has 0 atom stereocenters. The fraction of sp³-hybridized carbons (Fsp3) is 0.250. The molecular formula is C16H15FN4O3. The third-order valence-corrected chi connectivity index (χ3v) is 3.77. The highest BCUT2D eigenvalue weighted by Gasteiger charge is 2.16. The second-order valence-corrected chi connectivity index (χ2v) is 5.43. The summed E-state index contributed by atoms with van der Waals surface area (Å²) in [5.74, 6) is -1.84. The van der Waals surface area contributed by atoms with E-state index in [1.807, 2.05) is 0 Å². The Balaban J connectivity index is 1.75. The molecule has 1 aromatic carbocycles. The normalized spacial score (nSPS) is 13.8. The lowest BCUT2D eigenvalue weighted by molar-refractivity contribution is 0.102. The molecule has 1 aliphatic rings. The molecule has 0 spiro atoms. The summed E-state index contributed by atoms with van der Waals surface area (Å²) in [6, 6.07) is 1.97. The summed E-state index contributed by atoms with van der Waals surface area (Å²) < 4.78 is 13.5. The van der Waals surface area contributed by atoms with Crippen molar-refractivity contribution >= 4 is 23.8 Å². The molecule has 0 aliphatic carbocycles. The SMILES string of the molecule is O=Cc1cc(C(=O)Nc2cnc(N3CCCC3)nc2)cc(F)c1O. The van der Waals surface area contributed by atoms with Crippen LogP contribution in [0.15, 0.2) is 24.5 Å². The second-order valence-electron chi connectivity index (χ2n) is 5.43. The number of carbonyl (C=O) groups is 2. The van der Waals surface area contributed by atoms with E-state index in [0.717, 1.165) is 38.1 Å². The summed E-state index contributed by atoms with van der Waals surface area (Å²) >= 11 is 0. The fourth-order valence-electron chi connectivity index (χ4n) is 2.51. The maximum absolute atomic E-state index is 13.5. The van der Waals surface area contributed by atoms with E-state index >= 15 is 0 Å². The van der Waals surface area contributed by atoms with Gasteiger partial charge < -0.3 is 15.3 Å². The first kappa shape index (κ1) is 15.9. The van der Waals surface area contributed by atoms with Crippen molar-refractivity contribution in [3.05, 3.63) is 41.5 Å². The average molecular weight is 330 g/mol. The molecule has 2 aromatic rings. The van der Waals surface area contributed by atoms with Crippen LogP contribution in [0.2, 0.25) is 0 Å². The molecule has 2 N–H and O–H groups in total. The molecule has 1 aromatic heterocycles. The number of nitrogens with zero attached hydrogens (tertiary/aromatic N) is 3. The van der Waals surface area contributed by atoms with Gasteiger partial charge >= 0.3 is 0 Å². The molecule has 1 fully saturated rings. The summed E-state index contributed by atoms with van der Waals surface area (Å²) in [4.78, 5) is 33.4. The first-order valence-electron chi connectivity index (χ1n) is 7.44. The molecule has 0 bridgehead atoms. The second kappa shape index (κ2) is 6.61. The minimum atomic E-state index is -1.04. The minimum Gasteiger partial charge on any atom is -0.504 e. The van der Waals surface area contributed by atoms with E-state index in [-0.39, 0.29) is 17.4 Å². The van der Waals surface area contributed by atoms with Crippen molar-refractivity contribution in [2.75, 3.05) is 23.3 Å². The Bertz CT molecular complexity index is 774. The summed E-state index contributed by atoms with van der Waals surface area (Å²) in [7, 11) is 0. The van der Waals surface area contributed by atoms with Crippen LogP contribution < -0.4 is 10.2 Å². The number of hydrogen-bond acceptors (Lipinski definition) is 6. The third-order valence-electron chi connectivity index (χ3n) is 3.77. The van der Waals surface area contributed by atoms with Crippen molar-refractivity contribution < 1.29 is 19.1 Å². The van der Waals surface area contributed by atoms with Gasteiger partial charge in [0.25, 0.3) is 5.91 Å². The molecule has 2 heterocycles. The van der Waals surface area contributed by atoms with Gasteiger partial charge in [-0.1, -0.05) is 0 Å². The minimum absolute atomic E-state index is 0.0870. The van der Waals surface area contributed by atoms with Gasteiger partial charge in [0.2, 0.25) is 5.95 Å². The van der Waals surface area contributed by atoms with Gasteiger partial charge in [0, 0.05) is 18.7 Å². The molecule has 7 nitrogen and oxygen atoms in total. The van der Waals surface area contributed by atoms with Crippen LogP contribution in [-0.4, -0.2) is 40.4 Å². The number of carbonyl (C=O) groups excluding carboxylic acids is 2. The number of rotatable bonds is 4. The lowest BCUT2D eigenvalue weighted by Crippen LogP contribution is -2.20. The molecule has 3 rings (SSSR count). The van der Waals surface area contributed by atoms with Crippen molar-refractivity contribution in [3.8, 4) is 5.75 Å². The van der Waals surface area contributed by atoms with Crippen LogP contribution in [0.1, 0.15) is 33.6 Å². The van der Waals surface area contributed by atoms with Gasteiger partial charge in [-0.05, 0) is 25.0 Å². The molecule has 1 amide bonds. The Labute approximate surface area is 137 Å². The molecule has 1 aliphatic heterocycles. The average Bonchev–Trinajstić information content (AvgIpc) is 3.12. The van der Waals surface area contributed by atoms with Crippen molar-refractivity contribution in [2.45, 2.75) is 12.8 Å². The van der Waals surface area contributed by atoms with Gasteiger partial charge in [-0.15, -0.1) is 0 Å². The van der Waals surface area contributed by atoms with E-state index < -0.39 is 17.5 Å². The van der Waals surface area contributed by atoms with E-state index in [1.165, 1.54) is 12.4 Å². The maximum atomic E-state index is 13.5. The summed E-state index contributed by atoms with van der Waals surface area (Å²) in [5, 5.41) is 11.9. The van der Waals surface area contributed by atoms with Gasteiger partial charge in [0.1, 0.15) is 0 Å². The van der Waals surface area contributed by atoms with E-state index in [4.69, 9.17) is 0 Å². The highest BCUT2D eigenvalue weighted by Crippen LogP contribution is 2.22. The number of aldehydes is 1. The van der Waals surface area contributed by atoms with E-state index in [0.29, 0.717) is 11.6 Å². The van der Waals surface area contributed by atoms with Crippen molar-refractivity contribution in [3.63, 3.8) is 0 Å². The first-order chi connectivity index (χ1) is 11.6. The van der Waals surface area contributed by atoms with Crippen molar-refractivity contribution in [2.24, 2.45) is 0 Å². The molecule has 0 unspecified atom stereocenters. The number of hydrogen-bond donors (Lipinski definition) is 2. The number of nitrogens with one attached hydrogen (secondary N) is 1. The number of phenolic OH excluding ortho intramolecular Hbond substituents is 1. The van der Waals surface area contributed by atoms with Crippen LogP contribution in [0.3, 0.4) is 0 Å². The van der Waals surface area contributed by atoms with Crippen LogP contribution in [0, 0.1) is 5.82 Å². The number of aromatic nitrogens is 2. The predicted molar refractivity (Wildman–Crippen MR) is 84.9 cm³/mol. The Morgan fingerprint density at radius 1 is 1.25 bits per heavy atom. The van der Waals surface area contributed by atoms with E-state index in [1.54, 1.807) is 0 Å². The van der Waals surface area contributed by atoms with Gasteiger partial charge in [-0.25, -0.2) is 14.4 Å². The molecule has 24 heavy (non-hydrogen) atoms. The predicted octanol–water partition coefficient (Wildman–Crippen LogP) is 1.99. The zero-order valence-electron chi connectivity index (χ0n) is 12.7. The Morgan fingerprint density at radius 2 is 1.92 bits per heavy atom. The summed E-state index contributed by atoms with van der Waals surface area (Å²) in [6.45, 7) is 1.82. The quantitative estimate of drug-likeness (QED) is 0.833. The summed E-state index contributed by atoms with van der Waals surface area (Å²) in [6.07, 6.45) is 5.43. The van der Waals surface area contributed by atoms with Crippen LogP contribution in [-0.2, 0) is 0 Å². The third kappa shape index (κ3) is 3.17. The topological polar surface area (TPSA) is 95.4 Å². The lowest BCUT2D eigenvalue weighted by Gasteiger charge is -2.14. The van der Waals surface area contributed by atoms with E-state index in [9.17, 15) is 19.1 Å². The molecule has 1 saturated heterocycles. The van der Waals surface area contributed by atoms with Crippen molar-refractivity contribution in [1.82, 2.24) is 9.97 Å². The number of phenols is 1. The Kier molecular flexibility index (Phi) is 4.37. The number of halogens is 1. The summed E-state index contributed by atoms with van der Waals surface area (Å²) in [5.41, 5.74) is -0.0270. The van der Waals surface area contributed by atoms with Gasteiger partial charge in [-0.3, -0.25) is 9.59 Å². The first-order valence-corrected chi connectivity index (χ1v) is 7.44. The maximum Gasteiger partial charge on any atom is 0.255 e. The molecule has 0 radical (unpaired) electrons. The Hall–Kier alpha value is -3.03. The van der Waals surface area contributed by atoms with Gasteiger partial charge in [0.05, 0.1) is 23.6 Å². The fourth-order valence-corrected chi connectivity index (χ4v) is 2.51. The highest BCUT2D eigenvalue weighted by molar-refractivity contribution is 6.05. The molecule has 124 valence electrons. The number of amides is 1. The monoisotopic (exact) mass is 330 g/mol.